The Labute approximate surface area is 115 Å². The molecule has 0 radical (unpaired) electrons. The molecule has 1 aromatic carbocycles. The Morgan fingerprint density at radius 2 is 2.20 bits per heavy atom. The lowest BCUT2D eigenvalue weighted by Crippen LogP contribution is -2.18. The average Bonchev–Trinajstić information content (AvgIpc) is 2.43. The van der Waals surface area contributed by atoms with Gasteiger partial charge >= 0.3 is 0 Å². The van der Waals surface area contributed by atoms with Crippen molar-refractivity contribution >= 4 is 5.82 Å². The van der Waals surface area contributed by atoms with E-state index in [4.69, 9.17) is 10.5 Å². The van der Waals surface area contributed by atoms with Crippen LogP contribution in [-0.2, 0) is 6.42 Å². The Kier molecular flexibility index (Phi) is 4.02. The molecule has 0 aliphatic carbocycles. The first-order valence-electron chi connectivity index (χ1n) is 6.29. The highest BCUT2D eigenvalue weighted by molar-refractivity contribution is 5.59. The van der Waals surface area contributed by atoms with Crippen LogP contribution in [0.1, 0.15) is 18.9 Å². The number of aromatic nitrogens is 2. The second kappa shape index (κ2) is 5.73. The summed E-state index contributed by atoms with van der Waals surface area (Å²) in [5.74, 6) is 0.107. The Balaban J connectivity index is 2.51. The van der Waals surface area contributed by atoms with Gasteiger partial charge in [-0.1, -0.05) is 13.3 Å². The van der Waals surface area contributed by atoms with E-state index >= 15 is 0 Å². The number of ether oxygens (including phenoxy) is 1. The molecule has 0 bridgehead atoms. The van der Waals surface area contributed by atoms with Crippen molar-refractivity contribution in [3.8, 4) is 17.1 Å². The van der Waals surface area contributed by atoms with E-state index in [2.05, 4.69) is 9.97 Å². The van der Waals surface area contributed by atoms with E-state index in [0.29, 0.717) is 23.4 Å². The van der Waals surface area contributed by atoms with Crippen LogP contribution in [0.5, 0.6) is 5.75 Å². The Hall–Kier alpha value is -2.37. The lowest BCUT2D eigenvalue weighted by atomic mass is 10.1. The fourth-order valence-corrected chi connectivity index (χ4v) is 1.95. The molecule has 0 aliphatic heterocycles. The average molecular weight is 277 g/mol. The van der Waals surface area contributed by atoms with Crippen LogP contribution in [0, 0.1) is 5.82 Å². The van der Waals surface area contributed by atoms with E-state index in [1.165, 1.54) is 25.3 Å². The van der Waals surface area contributed by atoms with Gasteiger partial charge in [-0.15, -0.1) is 0 Å². The largest absolute Gasteiger partial charge is 0.494 e. The van der Waals surface area contributed by atoms with E-state index < -0.39 is 5.82 Å². The molecule has 1 aromatic heterocycles. The van der Waals surface area contributed by atoms with Crippen LogP contribution < -0.4 is 16.0 Å². The zero-order chi connectivity index (χ0) is 14.7. The van der Waals surface area contributed by atoms with Gasteiger partial charge in [-0.3, -0.25) is 4.79 Å². The molecule has 0 spiro atoms. The summed E-state index contributed by atoms with van der Waals surface area (Å²) in [6.45, 7) is 1.96. The van der Waals surface area contributed by atoms with Gasteiger partial charge in [0.25, 0.3) is 5.56 Å². The topological polar surface area (TPSA) is 81.0 Å². The predicted octanol–water partition coefficient (Wildman–Crippen LogP) is 2.12. The number of methoxy groups -OCH3 is 1. The molecule has 0 fully saturated rings. The number of rotatable bonds is 4. The van der Waals surface area contributed by atoms with Crippen molar-refractivity contribution in [2.75, 3.05) is 12.8 Å². The molecule has 6 heteroatoms. The SMILES string of the molecule is CCCc1c(N)nc(-c2ccc(F)c(OC)c2)[nH]c1=O. The van der Waals surface area contributed by atoms with Crippen molar-refractivity contribution < 1.29 is 9.13 Å². The molecule has 0 unspecified atom stereocenters. The van der Waals surface area contributed by atoms with Crippen LogP contribution >= 0.6 is 0 Å². The molecule has 0 saturated heterocycles. The second-order valence-corrected chi connectivity index (χ2v) is 4.38. The molecule has 106 valence electrons. The third kappa shape index (κ3) is 2.64. The number of H-pyrrole nitrogens is 1. The Morgan fingerprint density at radius 3 is 2.80 bits per heavy atom. The number of nitrogen functional groups attached to an aromatic ring is 1. The second-order valence-electron chi connectivity index (χ2n) is 4.38. The van der Waals surface area contributed by atoms with E-state index in [9.17, 15) is 9.18 Å². The van der Waals surface area contributed by atoms with Crippen LogP contribution in [0.2, 0.25) is 0 Å². The molecule has 0 atom stereocenters. The number of aromatic amines is 1. The molecule has 5 nitrogen and oxygen atoms in total. The molecule has 0 saturated carbocycles. The molecular weight excluding hydrogens is 261 g/mol. The van der Waals surface area contributed by atoms with Crippen molar-refractivity contribution in [1.82, 2.24) is 9.97 Å². The first kappa shape index (κ1) is 14.0. The number of nitrogens with two attached hydrogens (primary N) is 1. The summed E-state index contributed by atoms with van der Waals surface area (Å²) in [6, 6.07) is 4.23. The fraction of sp³-hybridized carbons (Fsp3) is 0.286. The minimum Gasteiger partial charge on any atom is -0.494 e. The first-order valence-corrected chi connectivity index (χ1v) is 6.29. The summed E-state index contributed by atoms with van der Waals surface area (Å²) in [4.78, 5) is 18.8. The van der Waals surface area contributed by atoms with E-state index in [1.54, 1.807) is 0 Å². The third-order valence-electron chi connectivity index (χ3n) is 2.97. The van der Waals surface area contributed by atoms with Gasteiger partial charge in [0.15, 0.2) is 11.6 Å². The monoisotopic (exact) mass is 277 g/mol. The summed E-state index contributed by atoms with van der Waals surface area (Å²) in [6.07, 6.45) is 1.37. The summed E-state index contributed by atoms with van der Waals surface area (Å²) in [5.41, 5.74) is 6.56. The highest BCUT2D eigenvalue weighted by Gasteiger charge is 2.11. The van der Waals surface area contributed by atoms with Crippen LogP contribution in [0.25, 0.3) is 11.4 Å². The lowest BCUT2D eigenvalue weighted by molar-refractivity contribution is 0.387. The lowest BCUT2D eigenvalue weighted by Gasteiger charge is -2.08. The summed E-state index contributed by atoms with van der Waals surface area (Å²) >= 11 is 0. The number of hydrogen-bond donors (Lipinski definition) is 2. The van der Waals surface area contributed by atoms with Gasteiger partial charge in [-0.25, -0.2) is 9.37 Å². The van der Waals surface area contributed by atoms with Crippen molar-refractivity contribution in [2.45, 2.75) is 19.8 Å². The maximum absolute atomic E-state index is 13.4. The van der Waals surface area contributed by atoms with E-state index in [-0.39, 0.29) is 17.1 Å². The van der Waals surface area contributed by atoms with Gasteiger partial charge in [0.2, 0.25) is 0 Å². The Bertz CT molecular complexity index is 683. The number of hydrogen-bond acceptors (Lipinski definition) is 4. The molecule has 20 heavy (non-hydrogen) atoms. The Morgan fingerprint density at radius 1 is 1.45 bits per heavy atom. The number of halogens is 1. The van der Waals surface area contributed by atoms with Crippen molar-refractivity contribution in [3.63, 3.8) is 0 Å². The zero-order valence-electron chi connectivity index (χ0n) is 11.4. The third-order valence-corrected chi connectivity index (χ3v) is 2.97. The normalized spacial score (nSPS) is 10.6. The van der Waals surface area contributed by atoms with Gasteiger partial charge in [0.1, 0.15) is 11.6 Å². The smallest absolute Gasteiger partial charge is 0.256 e. The van der Waals surface area contributed by atoms with Crippen LogP contribution in [0.3, 0.4) is 0 Å². The van der Waals surface area contributed by atoms with Crippen molar-refractivity contribution in [3.05, 3.63) is 39.9 Å². The maximum atomic E-state index is 13.4. The number of benzene rings is 1. The molecule has 2 aromatic rings. The molecular formula is C14H16FN3O2. The first-order chi connectivity index (χ1) is 9.56. The van der Waals surface area contributed by atoms with Gasteiger partial charge in [-0.05, 0) is 24.6 Å². The fourth-order valence-electron chi connectivity index (χ4n) is 1.95. The van der Waals surface area contributed by atoms with Gasteiger partial charge in [0, 0.05) is 5.56 Å². The quantitative estimate of drug-likeness (QED) is 0.897. The van der Waals surface area contributed by atoms with Gasteiger partial charge in [-0.2, -0.15) is 0 Å². The standard InChI is InChI=1S/C14H16FN3O2/c1-3-4-9-12(16)17-13(18-14(9)19)8-5-6-10(15)11(7-8)20-2/h5-7H,3-4H2,1-2H3,(H3,16,17,18,19). The summed E-state index contributed by atoms with van der Waals surface area (Å²) < 4.78 is 18.3. The molecule has 0 aliphatic rings. The summed E-state index contributed by atoms with van der Waals surface area (Å²) in [5, 5.41) is 0. The van der Waals surface area contributed by atoms with Crippen LogP contribution in [0.4, 0.5) is 10.2 Å². The van der Waals surface area contributed by atoms with Crippen LogP contribution in [0.15, 0.2) is 23.0 Å². The van der Waals surface area contributed by atoms with Crippen molar-refractivity contribution in [2.24, 2.45) is 0 Å². The van der Waals surface area contributed by atoms with E-state index in [0.717, 1.165) is 6.42 Å². The minimum atomic E-state index is -0.478. The number of anilines is 1. The minimum absolute atomic E-state index is 0.0846. The molecule has 1 heterocycles. The van der Waals surface area contributed by atoms with Crippen LogP contribution in [-0.4, -0.2) is 17.1 Å². The highest BCUT2D eigenvalue weighted by Crippen LogP contribution is 2.24. The zero-order valence-corrected chi connectivity index (χ0v) is 11.4. The van der Waals surface area contributed by atoms with E-state index in [1.807, 2.05) is 6.92 Å². The molecule has 3 N–H and O–H groups in total. The predicted molar refractivity (Wildman–Crippen MR) is 75.2 cm³/mol. The summed E-state index contributed by atoms with van der Waals surface area (Å²) in [7, 11) is 1.37. The number of nitrogens with one attached hydrogen (secondary N) is 1. The molecule has 2 rings (SSSR count). The maximum Gasteiger partial charge on any atom is 0.256 e. The van der Waals surface area contributed by atoms with Gasteiger partial charge in [0.05, 0.1) is 12.7 Å². The number of nitrogens with zero attached hydrogens (tertiary/aromatic N) is 1. The highest BCUT2D eigenvalue weighted by atomic mass is 19.1. The molecule has 0 amide bonds. The van der Waals surface area contributed by atoms with Crippen molar-refractivity contribution in [1.29, 1.82) is 0 Å². The van der Waals surface area contributed by atoms with Gasteiger partial charge < -0.3 is 15.5 Å².